The lowest BCUT2D eigenvalue weighted by atomic mass is 10.2. The van der Waals surface area contributed by atoms with E-state index >= 15 is 0 Å². The van der Waals surface area contributed by atoms with E-state index in [1.807, 2.05) is 13.0 Å². The van der Waals surface area contributed by atoms with Crippen molar-refractivity contribution in [1.82, 2.24) is 10.3 Å². The van der Waals surface area contributed by atoms with Crippen molar-refractivity contribution in [2.45, 2.75) is 26.3 Å². The second-order valence-corrected chi connectivity index (χ2v) is 7.31. The minimum absolute atomic E-state index is 0.580. The van der Waals surface area contributed by atoms with Crippen LogP contribution in [0.3, 0.4) is 0 Å². The minimum atomic E-state index is 0.580. The number of pyridine rings is 1. The summed E-state index contributed by atoms with van der Waals surface area (Å²) in [6.45, 7) is 5.04. The largest absolute Gasteiger partial charge is 0.372 e. The molecule has 2 aromatic rings. The molecule has 0 spiro atoms. The average molecular weight is 405 g/mol. The summed E-state index contributed by atoms with van der Waals surface area (Å²) in [5.41, 5.74) is 3.57. The number of halogens is 1. The van der Waals surface area contributed by atoms with E-state index in [4.69, 9.17) is 12.2 Å². The molecule has 0 saturated carbocycles. The molecular weight excluding hydrogens is 384 g/mol. The second-order valence-electron chi connectivity index (χ2n) is 5.99. The summed E-state index contributed by atoms with van der Waals surface area (Å²) in [5.74, 6) is 0.778. The Kier molecular flexibility index (Phi) is 5.68. The van der Waals surface area contributed by atoms with Crippen molar-refractivity contribution in [2.24, 2.45) is 0 Å². The first-order chi connectivity index (χ1) is 11.6. The number of hydrogen-bond donors (Lipinski definition) is 2. The van der Waals surface area contributed by atoms with Crippen LogP contribution in [0.5, 0.6) is 0 Å². The maximum atomic E-state index is 5.36. The Labute approximate surface area is 156 Å². The van der Waals surface area contributed by atoms with E-state index in [-0.39, 0.29) is 0 Å². The summed E-state index contributed by atoms with van der Waals surface area (Å²) in [6, 6.07) is 10.7. The molecule has 24 heavy (non-hydrogen) atoms. The van der Waals surface area contributed by atoms with Crippen molar-refractivity contribution in [3.05, 3.63) is 52.1 Å². The Morgan fingerprint density at radius 2 is 1.96 bits per heavy atom. The van der Waals surface area contributed by atoms with Gasteiger partial charge in [0.25, 0.3) is 0 Å². The Morgan fingerprint density at radius 1 is 1.25 bits per heavy atom. The maximum absolute atomic E-state index is 5.36. The molecule has 6 heteroatoms. The molecule has 4 nitrogen and oxygen atoms in total. The molecule has 2 N–H and O–H groups in total. The van der Waals surface area contributed by atoms with Gasteiger partial charge < -0.3 is 15.5 Å². The van der Waals surface area contributed by atoms with Gasteiger partial charge >= 0.3 is 0 Å². The lowest BCUT2D eigenvalue weighted by Crippen LogP contribution is -2.28. The Bertz CT molecular complexity index is 711. The van der Waals surface area contributed by atoms with Gasteiger partial charge in [-0.2, -0.15) is 0 Å². The first kappa shape index (κ1) is 17.2. The minimum Gasteiger partial charge on any atom is -0.372 e. The van der Waals surface area contributed by atoms with Crippen LogP contribution >= 0.6 is 28.1 Å². The lowest BCUT2D eigenvalue weighted by Gasteiger charge is -2.18. The molecule has 3 rings (SSSR count). The third-order valence-corrected chi connectivity index (χ3v) is 4.82. The first-order valence-corrected chi connectivity index (χ1v) is 9.33. The molecule has 0 radical (unpaired) electrons. The summed E-state index contributed by atoms with van der Waals surface area (Å²) in [5, 5.41) is 6.96. The number of thiocarbonyl (C=S) groups is 1. The molecular formula is C18H21BrN4S. The van der Waals surface area contributed by atoms with Crippen molar-refractivity contribution in [3.8, 4) is 0 Å². The van der Waals surface area contributed by atoms with Crippen LogP contribution in [0.1, 0.15) is 24.0 Å². The monoisotopic (exact) mass is 404 g/mol. The fourth-order valence-corrected chi connectivity index (χ4v) is 3.42. The third-order valence-electron chi connectivity index (χ3n) is 4.14. The molecule has 1 fully saturated rings. The summed E-state index contributed by atoms with van der Waals surface area (Å²) in [7, 11) is 0. The number of aryl methyl sites for hydroxylation is 1. The second kappa shape index (κ2) is 7.94. The quantitative estimate of drug-likeness (QED) is 0.745. The van der Waals surface area contributed by atoms with E-state index in [0.717, 1.165) is 15.9 Å². The molecule has 2 heterocycles. The van der Waals surface area contributed by atoms with Crippen LogP contribution in [-0.4, -0.2) is 23.2 Å². The predicted molar refractivity (Wildman–Crippen MR) is 108 cm³/mol. The number of rotatable bonds is 4. The number of aromatic nitrogens is 1. The van der Waals surface area contributed by atoms with E-state index in [9.17, 15) is 0 Å². The number of hydrogen-bond acceptors (Lipinski definition) is 3. The van der Waals surface area contributed by atoms with Gasteiger partial charge in [0.1, 0.15) is 5.82 Å². The average Bonchev–Trinajstić information content (AvgIpc) is 3.11. The van der Waals surface area contributed by atoms with Gasteiger partial charge in [-0.15, -0.1) is 0 Å². The summed E-state index contributed by atoms with van der Waals surface area (Å²) in [4.78, 5) is 6.77. The van der Waals surface area contributed by atoms with Gasteiger partial charge in [0, 0.05) is 36.0 Å². The van der Waals surface area contributed by atoms with Crippen LogP contribution in [-0.2, 0) is 6.54 Å². The van der Waals surface area contributed by atoms with Crippen LogP contribution < -0.4 is 15.5 Å². The zero-order valence-corrected chi connectivity index (χ0v) is 16.1. The molecule has 1 aromatic heterocycles. The molecule has 0 amide bonds. The molecule has 1 aliphatic heterocycles. The van der Waals surface area contributed by atoms with Crippen LogP contribution in [0.4, 0.5) is 11.5 Å². The van der Waals surface area contributed by atoms with Gasteiger partial charge in [-0.3, -0.25) is 0 Å². The smallest absolute Gasteiger partial charge is 0.172 e. The van der Waals surface area contributed by atoms with E-state index < -0.39 is 0 Å². The van der Waals surface area contributed by atoms with Gasteiger partial charge in [0.15, 0.2) is 5.11 Å². The number of benzene rings is 1. The summed E-state index contributed by atoms with van der Waals surface area (Å²) in [6.07, 6.45) is 4.36. The van der Waals surface area contributed by atoms with Crippen LogP contribution in [0.2, 0.25) is 0 Å². The normalized spacial score (nSPS) is 13.8. The fraction of sp³-hybridized carbons (Fsp3) is 0.333. The molecule has 0 unspecified atom stereocenters. The molecule has 0 atom stereocenters. The van der Waals surface area contributed by atoms with Crippen LogP contribution in [0.25, 0.3) is 0 Å². The topological polar surface area (TPSA) is 40.2 Å². The summed E-state index contributed by atoms with van der Waals surface area (Å²) >= 11 is 8.77. The Hall–Kier alpha value is -1.66. The zero-order valence-electron chi connectivity index (χ0n) is 13.7. The first-order valence-electron chi connectivity index (χ1n) is 8.13. The molecule has 126 valence electrons. The Morgan fingerprint density at radius 3 is 2.62 bits per heavy atom. The third kappa shape index (κ3) is 4.45. The fourth-order valence-electron chi connectivity index (χ4n) is 2.81. The van der Waals surface area contributed by atoms with E-state index in [1.165, 1.54) is 37.2 Å². The highest BCUT2D eigenvalue weighted by atomic mass is 79.9. The van der Waals surface area contributed by atoms with Gasteiger partial charge in [-0.05, 0) is 77.2 Å². The van der Waals surface area contributed by atoms with Gasteiger partial charge in [0.05, 0.1) is 0 Å². The molecule has 1 aliphatic rings. The van der Waals surface area contributed by atoms with Crippen molar-refractivity contribution < 1.29 is 0 Å². The summed E-state index contributed by atoms with van der Waals surface area (Å²) < 4.78 is 0.961. The van der Waals surface area contributed by atoms with Crippen molar-refractivity contribution in [2.75, 3.05) is 23.3 Å². The van der Waals surface area contributed by atoms with Gasteiger partial charge in [-0.25, -0.2) is 4.98 Å². The highest BCUT2D eigenvalue weighted by Crippen LogP contribution is 2.20. The van der Waals surface area contributed by atoms with Gasteiger partial charge in [-0.1, -0.05) is 12.1 Å². The van der Waals surface area contributed by atoms with E-state index in [2.05, 4.69) is 60.7 Å². The van der Waals surface area contributed by atoms with Crippen LogP contribution in [0.15, 0.2) is 41.0 Å². The molecule has 1 aromatic carbocycles. The van der Waals surface area contributed by atoms with Crippen molar-refractivity contribution in [3.63, 3.8) is 0 Å². The molecule has 0 aliphatic carbocycles. The number of nitrogens with zero attached hydrogens (tertiary/aromatic N) is 2. The van der Waals surface area contributed by atoms with Gasteiger partial charge in [0.2, 0.25) is 0 Å². The number of anilines is 2. The van der Waals surface area contributed by atoms with E-state index in [0.29, 0.717) is 11.7 Å². The highest BCUT2D eigenvalue weighted by molar-refractivity contribution is 9.10. The van der Waals surface area contributed by atoms with Crippen molar-refractivity contribution >= 4 is 44.8 Å². The van der Waals surface area contributed by atoms with Crippen LogP contribution in [0, 0.1) is 6.92 Å². The zero-order chi connectivity index (χ0) is 16.9. The standard InChI is InChI=1S/C18H21BrN4S/c1-13-10-15(19)12-20-17(13)22-18(24)21-11-14-4-6-16(7-5-14)23-8-2-3-9-23/h4-7,10,12H,2-3,8-9,11H2,1H3,(H2,20,21,22,24). The van der Waals surface area contributed by atoms with Crippen molar-refractivity contribution in [1.29, 1.82) is 0 Å². The predicted octanol–water partition coefficient (Wildman–Crippen LogP) is 4.24. The molecule has 1 saturated heterocycles. The number of nitrogens with one attached hydrogen (secondary N) is 2. The maximum Gasteiger partial charge on any atom is 0.172 e. The SMILES string of the molecule is Cc1cc(Br)cnc1NC(=S)NCc1ccc(N2CCCC2)cc1. The Balaban J connectivity index is 1.52. The van der Waals surface area contributed by atoms with E-state index in [1.54, 1.807) is 6.20 Å². The highest BCUT2D eigenvalue weighted by Gasteiger charge is 2.11. The molecule has 0 bridgehead atoms. The lowest BCUT2D eigenvalue weighted by molar-refractivity contribution is 0.919.